The summed E-state index contributed by atoms with van der Waals surface area (Å²) in [5, 5.41) is 7.67. The lowest BCUT2D eigenvalue weighted by molar-refractivity contribution is -0.151. The number of carbonyl (C=O) groups is 1. The Bertz CT molecular complexity index is 444. The second-order valence-corrected chi connectivity index (χ2v) is 4.89. The van der Waals surface area contributed by atoms with Gasteiger partial charge in [0.05, 0.1) is 13.2 Å². The van der Waals surface area contributed by atoms with Crippen LogP contribution in [-0.4, -0.2) is 39.4 Å². The minimum atomic E-state index is -0.784. The average molecular weight is 282 g/mol. The predicted octanol–water partition coefficient (Wildman–Crippen LogP) is 1.33. The van der Waals surface area contributed by atoms with Gasteiger partial charge in [0.2, 0.25) is 0 Å². The second-order valence-electron chi connectivity index (χ2n) is 4.89. The van der Waals surface area contributed by atoms with Crippen molar-refractivity contribution in [2.75, 3.05) is 13.2 Å². The summed E-state index contributed by atoms with van der Waals surface area (Å²) < 4.78 is 6.99. The first-order valence-electron chi connectivity index (χ1n) is 7.35. The Morgan fingerprint density at radius 1 is 1.30 bits per heavy atom. The third kappa shape index (κ3) is 3.79. The number of nitrogens with one attached hydrogen (secondary N) is 1. The van der Waals surface area contributed by atoms with E-state index in [1.807, 2.05) is 39.3 Å². The van der Waals surface area contributed by atoms with Crippen LogP contribution in [0.25, 0.3) is 0 Å². The molecule has 0 saturated heterocycles. The van der Waals surface area contributed by atoms with Crippen molar-refractivity contribution < 1.29 is 9.53 Å². The summed E-state index contributed by atoms with van der Waals surface area (Å²) >= 11 is 0. The Labute approximate surface area is 120 Å². The van der Waals surface area contributed by atoms with Crippen molar-refractivity contribution in [2.24, 2.45) is 0 Å². The van der Waals surface area contributed by atoms with E-state index < -0.39 is 5.54 Å². The maximum atomic E-state index is 12.2. The molecule has 1 rings (SSSR count). The number of esters is 1. The molecule has 6 nitrogen and oxygen atoms in total. The van der Waals surface area contributed by atoms with Gasteiger partial charge in [0.1, 0.15) is 11.4 Å². The molecule has 0 saturated carbocycles. The van der Waals surface area contributed by atoms with Crippen molar-refractivity contribution in [3.05, 3.63) is 11.6 Å². The molecule has 0 aliphatic carbocycles. The summed E-state index contributed by atoms with van der Waals surface area (Å²) in [5.41, 5.74) is -0.784. The van der Waals surface area contributed by atoms with Crippen LogP contribution in [0.3, 0.4) is 0 Å². The van der Waals surface area contributed by atoms with Crippen LogP contribution < -0.4 is 5.32 Å². The number of nitrogens with zero attached hydrogens (tertiary/aromatic N) is 3. The molecule has 0 bridgehead atoms. The molecular weight excluding hydrogens is 256 g/mol. The highest BCUT2D eigenvalue weighted by molar-refractivity contribution is 5.80. The van der Waals surface area contributed by atoms with Gasteiger partial charge in [-0.2, -0.15) is 5.10 Å². The normalized spacial score (nSPS) is 14.1. The zero-order valence-corrected chi connectivity index (χ0v) is 13.2. The smallest absolute Gasteiger partial charge is 0.327 e. The van der Waals surface area contributed by atoms with Crippen molar-refractivity contribution >= 4 is 5.97 Å². The fourth-order valence-electron chi connectivity index (χ4n) is 2.14. The van der Waals surface area contributed by atoms with Gasteiger partial charge in [-0.1, -0.05) is 20.8 Å². The lowest BCUT2D eigenvalue weighted by Crippen LogP contribution is -2.53. The Morgan fingerprint density at radius 3 is 2.50 bits per heavy atom. The van der Waals surface area contributed by atoms with E-state index in [2.05, 4.69) is 15.4 Å². The standard InChI is InChI=1S/C14H26N4O2/c1-6-11-16-12(7-2)18(17-11)10-14(5,15-8-3)13(19)20-9-4/h15H,6-10H2,1-5H3. The fourth-order valence-corrected chi connectivity index (χ4v) is 2.14. The predicted molar refractivity (Wildman–Crippen MR) is 77.5 cm³/mol. The van der Waals surface area contributed by atoms with Gasteiger partial charge in [-0.25, -0.2) is 14.5 Å². The van der Waals surface area contributed by atoms with Crippen LogP contribution in [0.5, 0.6) is 0 Å². The Kier molecular flexibility index (Phi) is 6.13. The van der Waals surface area contributed by atoms with Crippen molar-refractivity contribution in [1.82, 2.24) is 20.1 Å². The number of ether oxygens (including phenoxy) is 1. The van der Waals surface area contributed by atoms with E-state index >= 15 is 0 Å². The monoisotopic (exact) mass is 282 g/mol. The van der Waals surface area contributed by atoms with E-state index in [0.717, 1.165) is 24.5 Å². The number of carbonyl (C=O) groups excluding carboxylic acids is 1. The summed E-state index contributed by atoms with van der Waals surface area (Å²) in [6.45, 7) is 11.2. The van der Waals surface area contributed by atoms with Crippen LogP contribution in [0.2, 0.25) is 0 Å². The number of hydrogen-bond donors (Lipinski definition) is 1. The van der Waals surface area contributed by atoms with Crippen LogP contribution in [0.15, 0.2) is 0 Å². The molecular formula is C14H26N4O2. The molecule has 1 aromatic heterocycles. The van der Waals surface area contributed by atoms with Crippen molar-refractivity contribution in [2.45, 2.75) is 59.5 Å². The fraction of sp³-hybridized carbons (Fsp3) is 0.786. The molecule has 6 heteroatoms. The van der Waals surface area contributed by atoms with Crippen LogP contribution in [0, 0.1) is 0 Å². The molecule has 20 heavy (non-hydrogen) atoms. The lowest BCUT2D eigenvalue weighted by Gasteiger charge is -2.28. The van der Waals surface area contributed by atoms with Crippen molar-refractivity contribution in [3.63, 3.8) is 0 Å². The van der Waals surface area contributed by atoms with Gasteiger partial charge in [-0.3, -0.25) is 0 Å². The molecule has 1 unspecified atom stereocenters. The molecule has 1 aromatic rings. The quantitative estimate of drug-likeness (QED) is 0.729. The maximum absolute atomic E-state index is 12.2. The van der Waals surface area contributed by atoms with E-state index in [-0.39, 0.29) is 5.97 Å². The van der Waals surface area contributed by atoms with E-state index in [4.69, 9.17) is 4.74 Å². The van der Waals surface area contributed by atoms with E-state index in [9.17, 15) is 4.79 Å². The molecule has 0 radical (unpaired) electrons. The van der Waals surface area contributed by atoms with Crippen LogP contribution in [0.1, 0.15) is 46.3 Å². The van der Waals surface area contributed by atoms with Gasteiger partial charge in [0.25, 0.3) is 0 Å². The minimum absolute atomic E-state index is 0.252. The zero-order chi connectivity index (χ0) is 15.2. The SMILES string of the molecule is CCNC(C)(Cn1nc(CC)nc1CC)C(=O)OCC. The van der Waals surface area contributed by atoms with Gasteiger partial charge in [0, 0.05) is 12.8 Å². The number of likely N-dealkylation sites (N-methyl/N-ethyl adjacent to an activating group) is 1. The van der Waals surface area contributed by atoms with Crippen molar-refractivity contribution in [3.8, 4) is 0 Å². The molecule has 0 aromatic carbocycles. The average Bonchev–Trinajstić information content (AvgIpc) is 2.81. The highest BCUT2D eigenvalue weighted by atomic mass is 16.5. The third-order valence-corrected chi connectivity index (χ3v) is 3.18. The minimum Gasteiger partial charge on any atom is -0.465 e. The number of hydrogen-bond acceptors (Lipinski definition) is 5. The van der Waals surface area contributed by atoms with Gasteiger partial charge >= 0.3 is 5.97 Å². The van der Waals surface area contributed by atoms with Gasteiger partial charge in [0.15, 0.2) is 5.82 Å². The van der Waals surface area contributed by atoms with Gasteiger partial charge < -0.3 is 10.1 Å². The highest BCUT2D eigenvalue weighted by Gasteiger charge is 2.35. The highest BCUT2D eigenvalue weighted by Crippen LogP contribution is 2.13. The molecule has 0 fully saturated rings. The van der Waals surface area contributed by atoms with Gasteiger partial charge in [-0.05, 0) is 20.4 Å². The zero-order valence-electron chi connectivity index (χ0n) is 13.2. The summed E-state index contributed by atoms with van der Waals surface area (Å²) in [7, 11) is 0. The van der Waals surface area contributed by atoms with Gasteiger partial charge in [-0.15, -0.1) is 0 Å². The largest absolute Gasteiger partial charge is 0.465 e. The molecule has 0 spiro atoms. The van der Waals surface area contributed by atoms with Crippen LogP contribution in [0.4, 0.5) is 0 Å². The second kappa shape index (κ2) is 7.38. The van der Waals surface area contributed by atoms with E-state index in [0.29, 0.717) is 19.7 Å². The lowest BCUT2D eigenvalue weighted by atomic mass is 10.0. The molecule has 114 valence electrons. The van der Waals surface area contributed by atoms with Crippen LogP contribution in [-0.2, 0) is 28.9 Å². The van der Waals surface area contributed by atoms with Crippen molar-refractivity contribution in [1.29, 1.82) is 0 Å². The summed E-state index contributed by atoms with van der Waals surface area (Å²) in [5.74, 6) is 1.46. The number of rotatable bonds is 8. The van der Waals surface area contributed by atoms with E-state index in [1.54, 1.807) is 0 Å². The Hall–Kier alpha value is -1.43. The molecule has 0 amide bonds. The molecule has 1 N–H and O–H groups in total. The summed E-state index contributed by atoms with van der Waals surface area (Å²) in [6, 6.07) is 0. The van der Waals surface area contributed by atoms with E-state index in [1.165, 1.54) is 0 Å². The maximum Gasteiger partial charge on any atom is 0.327 e. The third-order valence-electron chi connectivity index (χ3n) is 3.18. The number of aryl methyl sites for hydroxylation is 2. The Morgan fingerprint density at radius 2 is 2.00 bits per heavy atom. The molecule has 1 atom stereocenters. The number of aromatic nitrogens is 3. The Balaban J connectivity index is 3.00. The topological polar surface area (TPSA) is 69.0 Å². The molecule has 0 aliphatic heterocycles. The first-order chi connectivity index (χ1) is 9.50. The summed E-state index contributed by atoms with van der Waals surface area (Å²) in [4.78, 5) is 16.7. The first-order valence-corrected chi connectivity index (χ1v) is 7.35. The first kappa shape index (κ1) is 16.6. The molecule has 1 heterocycles. The molecule has 0 aliphatic rings. The summed E-state index contributed by atoms with van der Waals surface area (Å²) in [6.07, 6.45) is 1.58. The van der Waals surface area contributed by atoms with Crippen LogP contribution >= 0.6 is 0 Å².